The Kier molecular flexibility index (Phi) is 6.83. The highest BCUT2D eigenvalue weighted by Gasteiger charge is 2.15. The second kappa shape index (κ2) is 9.53. The molecule has 0 radical (unpaired) electrons. The van der Waals surface area contributed by atoms with Gasteiger partial charge in [0.15, 0.2) is 11.0 Å². The van der Waals surface area contributed by atoms with Crippen LogP contribution in [-0.4, -0.2) is 32.3 Å². The second-order valence-corrected chi connectivity index (χ2v) is 7.58. The van der Waals surface area contributed by atoms with Crippen molar-refractivity contribution in [2.24, 2.45) is 0 Å². The number of carbonyl (C=O) groups is 2. The summed E-state index contributed by atoms with van der Waals surface area (Å²) < 4.78 is 15.7. The molecule has 0 aliphatic rings. The van der Waals surface area contributed by atoms with Crippen LogP contribution in [0.15, 0.2) is 47.6 Å². The molecule has 2 amide bonds. The van der Waals surface area contributed by atoms with Gasteiger partial charge < -0.3 is 15.2 Å². The van der Waals surface area contributed by atoms with Crippen molar-refractivity contribution in [1.82, 2.24) is 14.8 Å². The van der Waals surface area contributed by atoms with E-state index in [0.717, 1.165) is 17.0 Å². The van der Waals surface area contributed by atoms with Crippen molar-refractivity contribution in [3.63, 3.8) is 0 Å². The average Bonchev–Trinajstić information content (AvgIpc) is 3.11. The third-order valence-corrected chi connectivity index (χ3v) is 5.17. The molecule has 0 spiro atoms. The molecule has 0 bridgehead atoms. The molecular formula is C21H22FN5O2S. The monoisotopic (exact) mass is 427 g/mol. The molecular weight excluding hydrogens is 405 g/mol. The lowest BCUT2D eigenvalue weighted by Crippen LogP contribution is -2.15. The summed E-state index contributed by atoms with van der Waals surface area (Å²) >= 11 is 1.27. The third kappa shape index (κ3) is 5.24. The van der Waals surface area contributed by atoms with Gasteiger partial charge in [-0.05, 0) is 38.1 Å². The number of anilines is 2. The number of benzene rings is 2. The van der Waals surface area contributed by atoms with E-state index in [9.17, 15) is 14.0 Å². The van der Waals surface area contributed by atoms with Crippen molar-refractivity contribution in [2.45, 2.75) is 32.5 Å². The number of thioether (sulfide) groups is 1. The summed E-state index contributed by atoms with van der Waals surface area (Å²) in [7, 11) is 0. The molecule has 0 fully saturated rings. The van der Waals surface area contributed by atoms with Crippen LogP contribution in [0, 0.1) is 12.7 Å². The topological polar surface area (TPSA) is 88.9 Å². The number of rotatable bonds is 7. The summed E-state index contributed by atoms with van der Waals surface area (Å²) in [4.78, 5) is 23.5. The molecule has 2 aromatic carbocycles. The van der Waals surface area contributed by atoms with Crippen LogP contribution in [0.4, 0.5) is 15.8 Å². The molecule has 0 saturated heterocycles. The molecule has 30 heavy (non-hydrogen) atoms. The van der Waals surface area contributed by atoms with E-state index >= 15 is 0 Å². The largest absolute Gasteiger partial charge is 0.325 e. The number of nitrogens with zero attached hydrogens (tertiary/aromatic N) is 3. The van der Waals surface area contributed by atoms with Crippen molar-refractivity contribution < 1.29 is 14.0 Å². The first kappa shape index (κ1) is 21.5. The molecule has 0 saturated carbocycles. The van der Waals surface area contributed by atoms with Crippen molar-refractivity contribution in [1.29, 1.82) is 0 Å². The van der Waals surface area contributed by atoms with Crippen molar-refractivity contribution in [2.75, 3.05) is 16.4 Å². The Labute approximate surface area is 178 Å². The number of hydrogen-bond acceptors (Lipinski definition) is 5. The van der Waals surface area contributed by atoms with E-state index in [-0.39, 0.29) is 17.3 Å². The number of aromatic nitrogens is 3. The summed E-state index contributed by atoms with van der Waals surface area (Å²) in [6.07, 6.45) is 0. The fourth-order valence-corrected chi connectivity index (χ4v) is 3.70. The number of halogens is 1. The van der Waals surface area contributed by atoms with Crippen LogP contribution >= 0.6 is 11.8 Å². The van der Waals surface area contributed by atoms with Crippen molar-refractivity contribution >= 4 is 35.0 Å². The number of amides is 2. The molecule has 0 atom stereocenters. The van der Waals surface area contributed by atoms with Gasteiger partial charge in [0.2, 0.25) is 11.8 Å². The molecule has 156 valence electrons. The molecule has 3 aromatic rings. The molecule has 0 unspecified atom stereocenters. The average molecular weight is 428 g/mol. The normalized spacial score (nSPS) is 10.7. The molecule has 7 nitrogen and oxygen atoms in total. The van der Waals surface area contributed by atoms with Crippen LogP contribution in [0.5, 0.6) is 0 Å². The fraction of sp³-hybridized carbons (Fsp3) is 0.238. The maximum Gasteiger partial charge on any atom is 0.234 e. The molecule has 3 rings (SSSR count). The van der Waals surface area contributed by atoms with Crippen molar-refractivity contribution in [3.8, 4) is 11.4 Å². The van der Waals surface area contributed by atoms with Crippen LogP contribution < -0.4 is 10.6 Å². The number of nitrogens with one attached hydrogen (secondary N) is 2. The molecule has 0 aliphatic heterocycles. The van der Waals surface area contributed by atoms with E-state index in [1.165, 1.54) is 36.9 Å². The molecule has 1 heterocycles. The van der Waals surface area contributed by atoms with Gasteiger partial charge in [0, 0.05) is 24.7 Å². The minimum absolute atomic E-state index is 0.0153. The lowest BCUT2D eigenvalue weighted by Gasteiger charge is -2.10. The fourth-order valence-electron chi connectivity index (χ4n) is 2.89. The molecule has 9 heteroatoms. The highest BCUT2D eigenvalue weighted by molar-refractivity contribution is 7.99. The minimum atomic E-state index is -0.572. The Bertz CT molecular complexity index is 1080. The van der Waals surface area contributed by atoms with E-state index in [0.29, 0.717) is 17.4 Å². The summed E-state index contributed by atoms with van der Waals surface area (Å²) in [6, 6.07) is 12.0. The highest BCUT2D eigenvalue weighted by Crippen LogP contribution is 2.25. The van der Waals surface area contributed by atoms with Crippen LogP contribution in [0.3, 0.4) is 0 Å². The van der Waals surface area contributed by atoms with E-state index in [4.69, 9.17) is 0 Å². The predicted octanol–water partition coefficient (Wildman–Crippen LogP) is 4.10. The Morgan fingerprint density at radius 3 is 2.63 bits per heavy atom. The number of aryl methyl sites for hydroxylation is 1. The zero-order valence-electron chi connectivity index (χ0n) is 16.9. The lowest BCUT2D eigenvalue weighted by molar-refractivity contribution is -0.114. The molecule has 2 N–H and O–H groups in total. The minimum Gasteiger partial charge on any atom is -0.325 e. The predicted molar refractivity (Wildman–Crippen MR) is 116 cm³/mol. The quantitative estimate of drug-likeness (QED) is 0.554. The Hall–Kier alpha value is -3.20. The zero-order valence-corrected chi connectivity index (χ0v) is 17.7. The van der Waals surface area contributed by atoms with Gasteiger partial charge in [-0.15, -0.1) is 10.2 Å². The van der Waals surface area contributed by atoms with E-state index in [1.54, 1.807) is 0 Å². The van der Waals surface area contributed by atoms with Gasteiger partial charge in [-0.25, -0.2) is 4.39 Å². The summed E-state index contributed by atoms with van der Waals surface area (Å²) in [5.41, 5.74) is 2.51. The van der Waals surface area contributed by atoms with E-state index < -0.39 is 11.7 Å². The zero-order chi connectivity index (χ0) is 21.7. The van der Waals surface area contributed by atoms with Crippen LogP contribution in [0.25, 0.3) is 11.4 Å². The number of carbonyl (C=O) groups excluding carboxylic acids is 2. The van der Waals surface area contributed by atoms with Gasteiger partial charge in [0.25, 0.3) is 0 Å². The standard InChI is InChI=1S/C21H22FN5O2S/c1-4-27-20(15-7-5-6-13(2)10-15)25-26-21(27)30-12-19(29)24-16-8-9-17(22)18(11-16)23-14(3)28/h5-11H,4,12H2,1-3H3,(H,23,28)(H,24,29). The SMILES string of the molecule is CCn1c(SCC(=O)Nc2ccc(F)c(NC(C)=O)c2)nnc1-c1cccc(C)c1. The van der Waals surface area contributed by atoms with Gasteiger partial charge in [0.1, 0.15) is 5.82 Å². The Balaban J connectivity index is 1.67. The highest BCUT2D eigenvalue weighted by atomic mass is 32.2. The second-order valence-electron chi connectivity index (χ2n) is 6.63. The van der Waals surface area contributed by atoms with Gasteiger partial charge >= 0.3 is 0 Å². The van der Waals surface area contributed by atoms with E-state index in [1.807, 2.05) is 42.7 Å². The summed E-state index contributed by atoms with van der Waals surface area (Å²) in [5, 5.41) is 14.2. The van der Waals surface area contributed by atoms with Gasteiger partial charge in [-0.1, -0.05) is 35.5 Å². The Morgan fingerprint density at radius 2 is 1.93 bits per heavy atom. The van der Waals surface area contributed by atoms with Gasteiger partial charge in [0.05, 0.1) is 11.4 Å². The van der Waals surface area contributed by atoms with Crippen LogP contribution in [0.1, 0.15) is 19.4 Å². The Morgan fingerprint density at radius 1 is 1.13 bits per heavy atom. The maximum absolute atomic E-state index is 13.7. The molecule has 0 aliphatic carbocycles. The third-order valence-electron chi connectivity index (χ3n) is 4.20. The van der Waals surface area contributed by atoms with E-state index in [2.05, 4.69) is 20.8 Å². The van der Waals surface area contributed by atoms with Gasteiger partial charge in [-0.3, -0.25) is 9.59 Å². The molecule has 1 aromatic heterocycles. The first-order valence-corrected chi connectivity index (χ1v) is 10.4. The first-order valence-electron chi connectivity index (χ1n) is 9.37. The van der Waals surface area contributed by atoms with Crippen LogP contribution in [0.2, 0.25) is 0 Å². The smallest absolute Gasteiger partial charge is 0.234 e. The maximum atomic E-state index is 13.7. The van der Waals surface area contributed by atoms with Crippen molar-refractivity contribution in [3.05, 3.63) is 53.8 Å². The van der Waals surface area contributed by atoms with Crippen LogP contribution in [-0.2, 0) is 16.1 Å². The summed E-state index contributed by atoms with van der Waals surface area (Å²) in [6.45, 7) is 5.96. The van der Waals surface area contributed by atoms with Gasteiger partial charge in [-0.2, -0.15) is 0 Å². The lowest BCUT2D eigenvalue weighted by atomic mass is 10.1. The first-order chi connectivity index (χ1) is 14.4. The summed E-state index contributed by atoms with van der Waals surface area (Å²) in [5.74, 6) is -0.377. The number of hydrogen-bond donors (Lipinski definition) is 2.